The predicted molar refractivity (Wildman–Crippen MR) is 128 cm³/mol. The maximum Gasteiger partial charge on any atom is 0.186 e. The van der Waals surface area contributed by atoms with Gasteiger partial charge < -0.3 is 5.32 Å². The normalized spacial score (nSPS) is 11.2. The third-order valence-corrected chi connectivity index (χ3v) is 5.45. The van der Waals surface area contributed by atoms with E-state index >= 15 is 0 Å². The molecule has 0 heterocycles. The van der Waals surface area contributed by atoms with Crippen LogP contribution < -0.4 is 10.7 Å². The molecule has 29 heavy (non-hydrogen) atoms. The number of benzene rings is 4. The molecule has 0 aliphatic rings. The molecule has 144 valence electrons. The van der Waals surface area contributed by atoms with E-state index in [1.54, 1.807) is 0 Å². The summed E-state index contributed by atoms with van der Waals surface area (Å²) < 4.78 is 0. The van der Waals surface area contributed by atoms with Crippen LogP contribution in [0.5, 0.6) is 0 Å². The van der Waals surface area contributed by atoms with E-state index in [-0.39, 0.29) is 0 Å². The fourth-order valence-electron chi connectivity index (χ4n) is 3.41. The van der Waals surface area contributed by atoms with Crippen LogP contribution in [0, 0.1) is 0 Å². The molecule has 4 aromatic rings. The number of rotatable bonds is 5. The lowest BCUT2D eigenvalue weighted by molar-refractivity contribution is 0.838. The van der Waals surface area contributed by atoms with Gasteiger partial charge in [-0.25, -0.2) is 0 Å². The topological polar surface area (TPSA) is 36.4 Å². The van der Waals surface area contributed by atoms with E-state index in [1.807, 2.05) is 60.8 Å². The predicted octanol–water partition coefficient (Wildman–Crippen LogP) is 5.69. The fourth-order valence-corrected chi connectivity index (χ4v) is 3.89. The van der Waals surface area contributed by atoms with E-state index in [0.717, 1.165) is 45.1 Å². The van der Waals surface area contributed by atoms with Crippen LogP contribution in [-0.4, -0.2) is 17.9 Å². The first-order chi connectivity index (χ1) is 14.2. The molecular weight excluding hydrogens is 398 g/mol. The molecule has 0 unspecified atom stereocenters. The van der Waals surface area contributed by atoms with Crippen molar-refractivity contribution in [3.8, 4) is 0 Å². The monoisotopic (exact) mass is 417 g/mol. The number of nitrogens with zero attached hydrogens (tertiary/aromatic N) is 1. The molecule has 4 rings (SSSR count). The van der Waals surface area contributed by atoms with Gasteiger partial charge in [0, 0.05) is 22.9 Å². The van der Waals surface area contributed by atoms with E-state index in [1.165, 1.54) is 5.56 Å². The number of halogens is 1. The molecule has 0 bridgehead atoms. The second kappa shape index (κ2) is 9.03. The van der Waals surface area contributed by atoms with Crippen LogP contribution in [0.15, 0.2) is 84.0 Å². The van der Waals surface area contributed by atoms with Crippen molar-refractivity contribution >= 4 is 56.7 Å². The van der Waals surface area contributed by atoms with Gasteiger partial charge in [-0.1, -0.05) is 90.5 Å². The van der Waals surface area contributed by atoms with E-state index in [4.69, 9.17) is 23.8 Å². The highest BCUT2D eigenvalue weighted by molar-refractivity contribution is 7.80. The lowest BCUT2D eigenvalue weighted by Crippen LogP contribution is -2.33. The summed E-state index contributed by atoms with van der Waals surface area (Å²) in [6.45, 7) is 0.748. The first-order valence-electron chi connectivity index (χ1n) is 9.44. The number of fused-ring (bicyclic) bond motifs is 2. The highest BCUT2D eigenvalue weighted by Gasteiger charge is 2.10. The van der Waals surface area contributed by atoms with Crippen LogP contribution in [0.1, 0.15) is 11.1 Å². The summed E-state index contributed by atoms with van der Waals surface area (Å²) in [4.78, 5) is 0. The average molecular weight is 418 g/mol. The second-order valence-electron chi connectivity index (χ2n) is 6.68. The van der Waals surface area contributed by atoms with Crippen LogP contribution >= 0.6 is 23.8 Å². The summed E-state index contributed by atoms with van der Waals surface area (Å²) in [5.41, 5.74) is 5.20. The summed E-state index contributed by atoms with van der Waals surface area (Å²) in [7, 11) is 0. The average Bonchev–Trinajstić information content (AvgIpc) is 2.77. The van der Waals surface area contributed by atoms with Crippen LogP contribution in [0.25, 0.3) is 21.5 Å². The molecule has 2 N–H and O–H groups in total. The third-order valence-electron chi connectivity index (χ3n) is 4.81. The second-order valence-corrected chi connectivity index (χ2v) is 7.47. The molecule has 0 saturated carbocycles. The Hall–Kier alpha value is -2.95. The zero-order chi connectivity index (χ0) is 20.1. The molecule has 0 aromatic heterocycles. The molecule has 5 heteroatoms. The van der Waals surface area contributed by atoms with Gasteiger partial charge in [0.05, 0.1) is 11.2 Å². The van der Waals surface area contributed by atoms with Crippen molar-refractivity contribution in [2.24, 2.45) is 5.10 Å². The minimum absolute atomic E-state index is 0.500. The fraction of sp³-hybridized carbons (Fsp3) is 0.0833. The van der Waals surface area contributed by atoms with Crippen molar-refractivity contribution in [1.29, 1.82) is 0 Å². The van der Waals surface area contributed by atoms with Gasteiger partial charge in [-0.3, -0.25) is 5.43 Å². The third kappa shape index (κ3) is 4.39. The Bertz CT molecular complexity index is 1130. The standard InChI is InChI=1S/C24H20ClN3S/c25-23-20-12-6-4-10-18(20)22(19-11-5-7-13-21(19)23)16-27-28-24(29)26-15-14-17-8-2-1-3-9-17/h1-13,16H,14-15H2,(H2,26,28,29). The summed E-state index contributed by atoms with van der Waals surface area (Å²) in [6, 6.07) is 26.5. The van der Waals surface area contributed by atoms with E-state index in [2.05, 4.69) is 40.1 Å². The van der Waals surface area contributed by atoms with E-state index < -0.39 is 0 Å². The molecule has 0 fully saturated rings. The van der Waals surface area contributed by atoms with Crippen molar-refractivity contribution in [3.63, 3.8) is 0 Å². The van der Waals surface area contributed by atoms with E-state index in [9.17, 15) is 0 Å². The van der Waals surface area contributed by atoms with Gasteiger partial charge in [0.1, 0.15) is 0 Å². The molecule has 3 nitrogen and oxygen atoms in total. The molecule has 0 radical (unpaired) electrons. The van der Waals surface area contributed by atoms with Crippen LogP contribution in [-0.2, 0) is 6.42 Å². The SMILES string of the molecule is S=C(NCCc1ccccc1)NN=Cc1c2ccccc2c(Cl)c2ccccc12. The maximum atomic E-state index is 6.65. The Morgan fingerprint density at radius 1 is 0.828 bits per heavy atom. The molecular formula is C24H20ClN3S. The minimum Gasteiger partial charge on any atom is -0.361 e. The van der Waals surface area contributed by atoms with Gasteiger partial charge in [-0.2, -0.15) is 5.10 Å². The quantitative estimate of drug-likeness (QED) is 0.189. The Morgan fingerprint density at radius 3 is 2.00 bits per heavy atom. The Labute approximate surface area is 180 Å². The lowest BCUT2D eigenvalue weighted by atomic mass is 9.97. The largest absolute Gasteiger partial charge is 0.361 e. The van der Waals surface area contributed by atoms with Crippen molar-refractivity contribution in [2.75, 3.05) is 6.54 Å². The number of hydrazone groups is 1. The van der Waals surface area contributed by atoms with E-state index in [0.29, 0.717) is 5.11 Å². The lowest BCUT2D eigenvalue weighted by Gasteiger charge is -2.11. The zero-order valence-corrected chi connectivity index (χ0v) is 17.3. The molecule has 0 atom stereocenters. The number of hydrogen-bond acceptors (Lipinski definition) is 2. The van der Waals surface area contributed by atoms with Crippen molar-refractivity contribution in [2.45, 2.75) is 6.42 Å². The molecule has 0 aliphatic heterocycles. The van der Waals surface area contributed by atoms with Crippen molar-refractivity contribution < 1.29 is 0 Å². The summed E-state index contributed by atoms with van der Waals surface area (Å²) in [5.74, 6) is 0. The Morgan fingerprint density at radius 2 is 1.38 bits per heavy atom. The van der Waals surface area contributed by atoms with Crippen LogP contribution in [0.4, 0.5) is 0 Å². The van der Waals surface area contributed by atoms with Gasteiger partial charge in [0.2, 0.25) is 0 Å². The molecule has 0 spiro atoms. The molecule has 0 amide bonds. The van der Waals surface area contributed by atoms with Crippen LogP contribution in [0.3, 0.4) is 0 Å². The Kier molecular flexibility index (Phi) is 6.03. The molecule has 4 aromatic carbocycles. The first-order valence-corrected chi connectivity index (χ1v) is 10.2. The van der Waals surface area contributed by atoms with Crippen molar-refractivity contribution in [3.05, 3.63) is 95.0 Å². The Balaban J connectivity index is 1.50. The summed E-state index contributed by atoms with van der Waals surface area (Å²) in [5, 5.41) is 13.0. The first kappa shape index (κ1) is 19.4. The van der Waals surface area contributed by atoms with Gasteiger partial charge >= 0.3 is 0 Å². The smallest absolute Gasteiger partial charge is 0.186 e. The maximum absolute atomic E-state index is 6.65. The van der Waals surface area contributed by atoms with Crippen molar-refractivity contribution in [1.82, 2.24) is 10.7 Å². The van der Waals surface area contributed by atoms with Gasteiger partial charge in [-0.15, -0.1) is 0 Å². The summed E-state index contributed by atoms with van der Waals surface area (Å²) >= 11 is 12.0. The number of nitrogens with one attached hydrogen (secondary N) is 2. The molecule has 0 saturated heterocycles. The minimum atomic E-state index is 0.500. The van der Waals surface area contributed by atoms with Crippen LogP contribution in [0.2, 0.25) is 5.02 Å². The zero-order valence-electron chi connectivity index (χ0n) is 15.7. The number of thiocarbonyl (C=S) groups is 1. The highest BCUT2D eigenvalue weighted by Crippen LogP contribution is 2.35. The highest BCUT2D eigenvalue weighted by atomic mass is 35.5. The summed E-state index contributed by atoms with van der Waals surface area (Å²) in [6.07, 6.45) is 2.71. The van der Waals surface area contributed by atoms with Gasteiger partial charge in [-0.05, 0) is 35.0 Å². The van der Waals surface area contributed by atoms with Gasteiger partial charge in [0.15, 0.2) is 5.11 Å². The van der Waals surface area contributed by atoms with Gasteiger partial charge in [0.25, 0.3) is 0 Å². The molecule has 0 aliphatic carbocycles. The number of hydrogen-bond donors (Lipinski definition) is 2.